The van der Waals surface area contributed by atoms with Crippen molar-refractivity contribution in [3.05, 3.63) is 17.6 Å². The minimum Gasteiger partial charge on any atom is -0.354 e. The average Bonchev–Trinajstić information content (AvgIpc) is 2.66. The van der Waals surface area contributed by atoms with Crippen molar-refractivity contribution in [2.45, 2.75) is 31.0 Å². The zero-order valence-corrected chi connectivity index (χ0v) is 11.7. The fourth-order valence-electron chi connectivity index (χ4n) is 1.34. The highest BCUT2D eigenvalue weighted by atomic mass is 32.2. The second-order valence-corrected chi connectivity index (χ2v) is 4.86. The van der Waals surface area contributed by atoms with Gasteiger partial charge < -0.3 is 9.88 Å². The molecule has 18 heavy (non-hydrogen) atoms. The van der Waals surface area contributed by atoms with Crippen LogP contribution in [0, 0.1) is 13.8 Å². The molecule has 0 amide bonds. The SMILES string of the molecule is CCNc1ncc(C)c(Sc2nnc(C)n2C)n1. The Kier molecular flexibility index (Phi) is 3.81. The first-order chi connectivity index (χ1) is 8.61. The molecule has 2 heterocycles. The number of anilines is 1. The van der Waals surface area contributed by atoms with E-state index in [1.165, 1.54) is 11.8 Å². The minimum absolute atomic E-state index is 0.643. The van der Waals surface area contributed by atoms with E-state index in [-0.39, 0.29) is 0 Å². The van der Waals surface area contributed by atoms with E-state index in [1.54, 1.807) is 0 Å². The summed E-state index contributed by atoms with van der Waals surface area (Å²) in [6.07, 6.45) is 1.82. The van der Waals surface area contributed by atoms with Crippen LogP contribution in [0.3, 0.4) is 0 Å². The summed E-state index contributed by atoms with van der Waals surface area (Å²) in [6, 6.07) is 0. The van der Waals surface area contributed by atoms with Gasteiger partial charge in [0.25, 0.3) is 0 Å². The molecule has 2 aromatic rings. The third-order valence-electron chi connectivity index (χ3n) is 2.50. The molecule has 1 N–H and O–H groups in total. The van der Waals surface area contributed by atoms with Gasteiger partial charge >= 0.3 is 0 Å². The number of aryl methyl sites for hydroxylation is 2. The third kappa shape index (κ3) is 2.61. The van der Waals surface area contributed by atoms with Crippen LogP contribution in [-0.4, -0.2) is 31.3 Å². The second kappa shape index (κ2) is 5.34. The predicted molar refractivity (Wildman–Crippen MR) is 70.8 cm³/mol. The third-order valence-corrected chi connectivity index (χ3v) is 3.65. The summed E-state index contributed by atoms with van der Waals surface area (Å²) in [7, 11) is 1.94. The van der Waals surface area contributed by atoms with Gasteiger partial charge in [-0.05, 0) is 32.5 Å². The number of nitrogens with one attached hydrogen (secondary N) is 1. The van der Waals surface area contributed by atoms with E-state index in [1.807, 2.05) is 38.6 Å². The van der Waals surface area contributed by atoms with Crippen molar-refractivity contribution in [2.75, 3.05) is 11.9 Å². The van der Waals surface area contributed by atoms with Crippen molar-refractivity contribution in [3.8, 4) is 0 Å². The van der Waals surface area contributed by atoms with Gasteiger partial charge in [-0.2, -0.15) is 0 Å². The Labute approximate surface area is 110 Å². The molecule has 0 spiro atoms. The number of nitrogens with zero attached hydrogens (tertiary/aromatic N) is 5. The number of hydrogen-bond donors (Lipinski definition) is 1. The Hall–Kier alpha value is -1.63. The molecule has 0 fully saturated rings. The van der Waals surface area contributed by atoms with Crippen LogP contribution in [0.4, 0.5) is 5.95 Å². The molecular weight excluding hydrogens is 248 g/mol. The maximum atomic E-state index is 4.47. The van der Waals surface area contributed by atoms with Gasteiger partial charge in [0.05, 0.1) is 0 Å². The summed E-state index contributed by atoms with van der Waals surface area (Å²) in [4.78, 5) is 8.69. The van der Waals surface area contributed by atoms with Crippen molar-refractivity contribution < 1.29 is 0 Å². The molecule has 0 saturated heterocycles. The van der Waals surface area contributed by atoms with Crippen LogP contribution in [0.5, 0.6) is 0 Å². The van der Waals surface area contributed by atoms with E-state index in [0.29, 0.717) is 5.95 Å². The lowest BCUT2D eigenvalue weighted by Crippen LogP contribution is -2.03. The first-order valence-corrected chi connectivity index (χ1v) is 6.54. The quantitative estimate of drug-likeness (QED) is 0.849. The topological polar surface area (TPSA) is 68.5 Å². The molecule has 0 saturated carbocycles. The highest BCUT2D eigenvalue weighted by Gasteiger charge is 2.11. The van der Waals surface area contributed by atoms with Gasteiger partial charge in [0.15, 0.2) is 5.16 Å². The van der Waals surface area contributed by atoms with Gasteiger partial charge in [0.1, 0.15) is 10.9 Å². The molecule has 0 aliphatic heterocycles. The summed E-state index contributed by atoms with van der Waals surface area (Å²) in [6.45, 7) is 6.73. The molecule has 2 aromatic heterocycles. The molecule has 0 bridgehead atoms. The van der Waals surface area contributed by atoms with Crippen LogP contribution in [0.2, 0.25) is 0 Å². The Morgan fingerprint density at radius 2 is 2.11 bits per heavy atom. The maximum Gasteiger partial charge on any atom is 0.223 e. The van der Waals surface area contributed by atoms with E-state index < -0.39 is 0 Å². The van der Waals surface area contributed by atoms with E-state index >= 15 is 0 Å². The normalized spacial score (nSPS) is 10.7. The van der Waals surface area contributed by atoms with E-state index in [2.05, 4.69) is 25.5 Å². The molecule has 7 heteroatoms. The Bertz CT molecular complexity index is 550. The average molecular weight is 264 g/mol. The molecule has 0 atom stereocenters. The molecule has 0 unspecified atom stereocenters. The summed E-state index contributed by atoms with van der Waals surface area (Å²) in [5, 5.41) is 13.0. The van der Waals surface area contributed by atoms with Crippen LogP contribution in [-0.2, 0) is 7.05 Å². The van der Waals surface area contributed by atoms with Gasteiger partial charge in [-0.1, -0.05) is 0 Å². The fourth-order valence-corrected chi connectivity index (χ4v) is 2.21. The zero-order valence-electron chi connectivity index (χ0n) is 10.9. The van der Waals surface area contributed by atoms with Crippen LogP contribution < -0.4 is 5.32 Å². The minimum atomic E-state index is 0.643. The Morgan fingerprint density at radius 3 is 2.72 bits per heavy atom. The lowest BCUT2D eigenvalue weighted by atomic mass is 10.4. The molecule has 0 aliphatic carbocycles. The first kappa shape index (κ1) is 12.8. The Balaban J connectivity index is 2.27. The fraction of sp³-hybridized carbons (Fsp3) is 0.455. The summed E-state index contributed by atoms with van der Waals surface area (Å²) < 4.78 is 1.94. The van der Waals surface area contributed by atoms with Gasteiger partial charge in [-0.15, -0.1) is 10.2 Å². The van der Waals surface area contributed by atoms with Crippen molar-refractivity contribution >= 4 is 17.7 Å². The van der Waals surface area contributed by atoms with E-state index in [9.17, 15) is 0 Å². The van der Waals surface area contributed by atoms with Gasteiger partial charge in [0.2, 0.25) is 5.95 Å². The van der Waals surface area contributed by atoms with Crippen molar-refractivity contribution in [1.29, 1.82) is 0 Å². The van der Waals surface area contributed by atoms with E-state index in [0.717, 1.165) is 28.1 Å². The first-order valence-electron chi connectivity index (χ1n) is 5.73. The Morgan fingerprint density at radius 1 is 1.33 bits per heavy atom. The lowest BCUT2D eigenvalue weighted by Gasteiger charge is -2.06. The van der Waals surface area contributed by atoms with Gasteiger partial charge in [-0.3, -0.25) is 0 Å². The number of aromatic nitrogens is 5. The molecule has 0 aromatic carbocycles. The zero-order chi connectivity index (χ0) is 13.1. The largest absolute Gasteiger partial charge is 0.354 e. The lowest BCUT2D eigenvalue weighted by molar-refractivity contribution is 0.764. The van der Waals surface area contributed by atoms with Crippen LogP contribution in [0.1, 0.15) is 18.3 Å². The van der Waals surface area contributed by atoms with Crippen molar-refractivity contribution in [3.63, 3.8) is 0 Å². The molecule has 6 nitrogen and oxygen atoms in total. The molecule has 0 radical (unpaired) electrons. The summed E-state index contributed by atoms with van der Waals surface area (Å²) in [5.74, 6) is 1.53. The van der Waals surface area contributed by atoms with Gasteiger partial charge in [-0.25, -0.2) is 9.97 Å². The van der Waals surface area contributed by atoms with Crippen molar-refractivity contribution in [2.24, 2.45) is 7.05 Å². The summed E-state index contributed by atoms with van der Waals surface area (Å²) in [5.41, 5.74) is 1.03. The van der Waals surface area contributed by atoms with Gasteiger partial charge in [0, 0.05) is 25.4 Å². The molecule has 96 valence electrons. The molecule has 2 rings (SSSR count). The number of rotatable bonds is 4. The highest BCUT2D eigenvalue weighted by Crippen LogP contribution is 2.27. The summed E-state index contributed by atoms with van der Waals surface area (Å²) >= 11 is 1.50. The highest BCUT2D eigenvalue weighted by molar-refractivity contribution is 7.99. The van der Waals surface area contributed by atoms with Crippen LogP contribution in [0.15, 0.2) is 16.4 Å². The number of hydrogen-bond acceptors (Lipinski definition) is 6. The smallest absolute Gasteiger partial charge is 0.223 e. The van der Waals surface area contributed by atoms with Crippen LogP contribution in [0.25, 0.3) is 0 Å². The second-order valence-electron chi connectivity index (χ2n) is 3.90. The molecule has 0 aliphatic rings. The molecular formula is C11H16N6S. The standard InChI is InChI=1S/C11H16N6S/c1-5-12-10-13-6-7(2)9(14-10)18-11-16-15-8(3)17(11)4/h6H,5H2,1-4H3,(H,12,13,14). The van der Waals surface area contributed by atoms with Crippen LogP contribution >= 0.6 is 11.8 Å². The maximum absolute atomic E-state index is 4.47. The van der Waals surface area contributed by atoms with Crippen molar-refractivity contribution in [1.82, 2.24) is 24.7 Å². The monoisotopic (exact) mass is 264 g/mol. The predicted octanol–water partition coefficient (Wildman–Crippen LogP) is 1.80. The van der Waals surface area contributed by atoms with E-state index in [4.69, 9.17) is 0 Å².